The Balaban J connectivity index is 1.62. The molecule has 0 spiro atoms. The highest BCUT2D eigenvalue weighted by Crippen LogP contribution is 2.41. The van der Waals surface area contributed by atoms with E-state index in [1.165, 1.54) is 44.9 Å². The van der Waals surface area contributed by atoms with Crippen LogP contribution in [-0.2, 0) is 0 Å². The lowest BCUT2D eigenvalue weighted by atomic mass is 9.69. The van der Waals surface area contributed by atoms with Gasteiger partial charge in [0.15, 0.2) is 11.5 Å². The summed E-state index contributed by atoms with van der Waals surface area (Å²) in [5.41, 5.74) is 1.00. The fourth-order valence-electron chi connectivity index (χ4n) is 4.02. The van der Waals surface area contributed by atoms with Gasteiger partial charge in [0.25, 0.3) is 0 Å². The molecule has 110 valence electrons. The molecular formula is C17H25NO2. The molecule has 3 unspecified atom stereocenters. The third kappa shape index (κ3) is 2.87. The standard InChI is InChI=1S/C17H25NO2/c1-20-17-9-8-15(11-16(17)19)18-14-7-6-12-4-2-3-5-13(12)10-14/h8-9,11-14,18-19H,2-7,10H2,1H3. The molecule has 3 nitrogen and oxygen atoms in total. The number of hydrogen-bond acceptors (Lipinski definition) is 3. The molecule has 2 N–H and O–H groups in total. The second kappa shape index (κ2) is 5.94. The van der Waals surface area contributed by atoms with Crippen LogP contribution >= 0.6 is 0 Å². The molecule has 0 bridgehead atoms. The van der Waals surface area contributed by atoms with Crippen molar-refractivity contribution in [2.75, 3.05) is 12.4 Å². The quantitative estimate of drug-likeness (QED) is 0.870. The van der Waals surface area contributed by atoms with Crippen LogP contribution in [0.3, 0.4) is 0 Å². The number of methoxy groups -OCH3 is 1. The predicted octanol–water partition coefficient (Wildman–Crippen LogP) is 4.17. The SMILES string of the molecule is COc1ccc(NC2CCC3CCCCC3C2)cc1O. The van der Waals surface area contributed by atoms with E-state index in [0.717, 1.165) is 17.5 Å². The second-order valence-corrected chi connectivity index (χ2v) is 6.35. The van der Waals surface area contributed by atoms with Crippen molar-refractivity contribution in [3.05, 3.63) is 18.2 Å². The van der Waals surface area contributed by atoms with Crippen LogP contribution in [0.25, 0.3) is 0 Å². The summed E-state index contributed by atoms with van der Waals surface area (Å²) in [6, 6.07) is 6.14. The molecule has 0 radical (unpaired) electrons. The number of hydrogen-bond donors (Lipinski definition) is 2. The lowest BCUT2D eigenvalue weighted by Gasteiger charge is -2.39. The van der Waals surface area contributed by atoms with Gasteiger partial charge in [0, 0.05) is 17.8 Å². The van der Waals surface area contributed by atoms with Crippen LogP contribution in [0.15, 0.2) is 18.2 Å². The highest BCUT2D eigenvalue weighted by molar-refractivity contribution is 5.54. The van der Waals surface area contributed by atoms with Gasteiger partial charge < -0.3 is 15.2 Å². The Morgan fingerprint density at radius 3 is 2.65 bits per heavy atom. The van der Waals surface area contributed by atoms with Gasteiger partial charge >= 0.3 is 0 Å². The lowest BCUT2D eigenvalue weighted by Crippen LogP contribution is -2.34. The molecule has 2 aliphatic rings. The average Bonchev–Trinajstić information content (AvgIpc) is 2.47. The van der Waals surface area contributed by atoms with Crippen molar-refractivity contribution >= 4 is 5.69 Å². The summed E-state index contributed by atoms with van der Waals surface area (Å²) >= 11 is 0. The van der Waals surface area contributed by atoms with Crippen molar-refractivity contribution in [2.45, 2.75) is 51.0 Å². The summed E-state index contributed by atoms with van der Waals surface area (Å²) in [6.45, 7) is 0. The smallest absolute Gasteiger partial charge is 0.160 e. The zero-order chi connectivity index (χ0) is 13.9. The molecule has 3 atom stereocenters. The molecule has 2 aliphatic carbocycles. The van der Waals surface area contributed by atoms with Gasteiger partial charge in [0.2, 0.25) is 0 Å². The largest absolute Gasteiger partial charge is 0.504 e. The molecule has 2 fully saturated rings. The Morgan fingerprint density at radius 2 is 1.90 bits per heavy atom. The number of rotatable bonds is 3. The molecule has 0 saturated heterocycles. The Labute approximate surface area is 121 Å². The van der Waals surface area contributed by atoms with Crippen molar-refractivity contribution in [3.8, 4) is 11.5 Å². The molecule has 3 rings (SSSR count). The van der Waals surface area contributed by atoms with Gasteiger partial charge in [-0.3, -0.25) is 0 Å². The zero-order valence-corrected chi connectivity index (χ0v) is 12.3. The van der Waals surface area contributed by atoms with Crippen LogP contribution in [0.2, 0.25) is 0 Å². The van der Waals surface area contributed by atoms with Gasteiger partial charge in [-0.2, -0.15) is 0 Å². The molecular weight excluding hydrogens is 250 g/mol. The number of fused-ring (bicyclic) bond motifs is 1. The maximum absolute atomic E-state index is 9.84. The summed E-state index contributed by atoms with van der Waals surface area (Å²) in [5.74, 6) is 2.64. The van der Waals surface area contributed by atoms with Gasteiger partial charge in [-0.25, -0.2) is 0 Å². The third-order valence-corrected chi connectivity index (χ3v) is 5.09. The maximum atomic E-state index is 9.84. The topological polar surface area (TPSA) is 41.5 Å². The van der Waals surface area contributed by atoms with E-state index in [1.54, 1.807) is 13.2 Å². The summed E-state index contributed by atoms with van der Waals surface area (Å²) in [7, 11) is 1.58. The van der Waals surface area contributed by atoms with Gasteiger partial charge in [0.05, 0.1) is 7.11 Å². The number of nitrogens with one attached hydrogen (secondary N) is 1. The molecule has 1 aromatic rings. The molecule has 2 saturated carbocycles. The molecule has 0 heterocycles. The number of aromatic hydroxyl groups is 1. The Bertz CT molecular complexity index is 460. The number of ether oxygens (including phenoxy) is 1. The van der Waals surface area contributed by atoms with Crippen LogP contribution in [0.1, 0.15) is 44.9 Å². The molecule has 1 aromatic carbocycles. The Morgan fingerprint density at radius 1 is 1.10 bits per heavy atom. The Kier molecular flexibility index (Phi) is 4.04. The maximum Gasteiger partial charge on any atom is 0.160 e. The van der Waals surface area contributed by atoms with E-state index in [0.29, 0.717) is 11.8 Å². The average molecular weight is 275 g/mol. The molecule has 0 aromatic heterocycles. The summed E-state index contributed by atoms with van der Waals surface area (Å²) in [4.78, 5) is 0. The summed E-state index contributed by atoms with van der Waals surface area (Å²) in [6.07, 6.45) is 9.62. The zero-order valence-electron chi connectivity index (χ0n) is 12.3. The number of phenols is 1. The van der Waals surface area contributed by atoms with Crippen LogP contribution in [0.4, 0.5) is 5.69 Å². The van der Waals surface area contributed by atoms with Crippen molar-refractivity contribution in [3.63, 3.8) is 0 Å². The van der Waals surface area contributed by atoms with Crippen LogP contribution < -0.4 is 10.1 Å². The Hall–Kier alpha value is -1.38. The van der Waals surface area contributed by atoms with E-state index in [9.17, 15) is 5.11 Å². The monoisotopic (exact) mass is 275 g/mol. The second-order valence-electron chi connectivity index (χ2n) is 6.35. The van der Waals surface area contributed by atoms with Crippen molar-refractivity contribution in [1.82, 2.24) is 0 Å². The number of phenolic OH excluding ortho intramolecular Hbond substituents is 1. The van der Waals surface area contributed by atoms with Crippen LogP contribution in [0.5, 0.6) is 11.5 Å². The van der Waals surface area contributed by atoms with Crippen molar-refractivity contribution < 1.29 is 9.84 Å². The van der Waals surface area contributed by atoms with Gasteiger partial charge in [-0.1, -0.05) is 25.7 Å². The minimum Gasteiger partial charge on any atom is -0.504 e. The highest BCUT2D eigenvalue weighted by Gasteiger charge is 2.32. The fourth-order valence-corrected chi connectivity index (χ4v) is 4.02. The first kappa shape index (κ1) is 13.6. The van der Waals surface area contributed by atoms with E-state index in [2.05, 4.69) is 5.32 Å². The van der Waals surface area contributed by atoms with Crippen molar-refractivity contribution in [2.24, 2.45) is 11.8 Å². The highest BCUT2D eigenvalue weighted by atomic mass is 16.5. The molecule has 0 amide bonds. The van der Waals surface area contributed by atoms with Gasteiger partial charge in [-0.15, -0.1) is 0 Å². The number of benzene rings is 1. The van der Waals surface area contributed by atoms with E-state index in [1.807, 2.05) is 12.1 Å². The first-order valence-electron chi connectivity index (χ1n) is 7.90. The van der Waals surface area contributed by atoms with Crippen LogP contribution in [-0.4, -0.2) is 18.3 Å². The first-order valence-corrected chi connectivity index (χ1v) is 7.90. The minimum atomic E-state index is 0.212. The van der Waals surface area contributed by atoms with E-state index in [4.69, 9.17) is 4.74 Å². The first-order chi connectivity index (χ1) is 9.76. The molecule has 3 heteroatoms. The third-order valence-electron chi connectivity index (χ3n) is 5.09. The number of anilines is 1. The summed E-state index contributed by atoms with van der Waals surface area (Å²) in [5, 5.41) is 13.4. The van der Waals surface area contributed by atoms with Gasteiger partial charge in [0.1, 0.15) is 0 Å². The lowest BCUT2D eigenvalue weighted by molar-refractivity contribution is 0.162. The van der Waals surface area contributed by atoms with Gasteiger partial charge in [-0.05, 0) is 43.2 Å². The van der Waals surface area contributed by atoms with Crippen LogP contribution in [0, 0.1) is 11.8 Å². The molecule has 0 aliphatic heterocycles. The van der Waals surface area contributed by atoms with E-state index < -0.39 is 0 Å². The normalized spacial score (nSPS) is 29.6. The summed E-state index contributed by atoms with van der Waals surface area (Å²) < 4.78 is 5.08. The minimum absolute atomic E-state index is 0.212. The van der Waals surface area contributed by atoms with E-state index in [-0.39, 0.29) is 5.75 Å². The molecule has 20 heavy (non-hydrogen) atoms. The predicted molar refractivity (Wildman–Crippen MR) is 81.4 cm³/mol. The van der Waals surface area contributed by atoms with Crippen molar-refractivity contribution in [1.29, 1.82) is 0 Å². The van der Waals surface area contributed by atoms with E-state index >= 15 is 0 Å². The fraction of sp³-hybridized carbons (Fsp3) is 0.647.